The highest BCUT2D eigenvalue weighted by molar-refractivity contribution is 6.31. The topological polar surface area (TPSA) is 91.2 Å². The molecule has 4 aromatic rings. The van der Waals surface area contributed by atoms with Gasteiger partial charge in [0.05, 0.1) is 12.1 Å². The molecule has 1 amide bonds. The Morgan fingerprint density at radius 1 is 0.974 bits per heavy atom. The molecular formula is C31H33ClN4O2. The molecule has 4 N–H and O–H groups in total. The lowest BCUT2D eigenvalue weighted by Crippen LogP contribution is -2.46. The minimum Gasteiger partial charge on any atom is -0.361 e. The largest absolute Gasteiger partial charge is 0.361 e. The van der Waals surface area contributed by atoms with Gasteiger partial charge in [0.25, 0.3) is 0 Å². The normalized spacial score (nSPS) is 16.3. The molecule has 2 unspecified atom stereocenters. The minimum absolute atomic E-state index is 0.0807. The number of Topliss-reactive ketones (excluding diaryl/α,β-unsaturated/α-hetero) is 1. The standard InChI is InChI=1S/C31H33ClN4O2/c32-26-12-6-4-10-23(26)19-35-29(37)18-27(33)31(38)30(25-20-34-28-13-7-5-11-24(25)28)36-16-14-22(15-17-36)21-8-2-1-3-9-21/h1-13,20,22,27,30,34H,14-19,33H2,(H,35,37). The van der Waals surface area contributed by atoms with Gasteiger partial charge in [0.1, 0.15) is 0 Å². The van der Waals surface area contributed by atoms with Gasteiger partial charge in [0.2, 0.25) is 5.91 Å². The number of fused-ring (bicyclic) bond motifs is 1. The molecular weight excluding hydrogens is 496 g/mol. The number of nitrogens with two attached hydrogens (primary N) is 1. The molecule has 7 heteroatoms. The minimum atomic E-state index is -0.924. The highest BCUT2D eigenvalue weighted by Crippen LogP contribution is 2.35. The number of aromatic amines is 1. The van der Waals surface area contributed by atoms with Gasteiger partial charge in [0, 0.05) is 40.7 Å². The molecule has 0 aliphatic carbocycles. The maximum absolute atomic E-state index is 13.9. The number of ketones is 1. The molecule has 1 aliphatic rings. The summed E-state index contributed by atoms with van der Waals surface area (Å²) in [6, 6.07) is 24.5. The van der Waals surface area contributed by atoms with Crippen LogP contribution in [0.25, 0.3) is 10.9 Å². The SMILES string of the molecule is NC(CC(=O)NCc1ccccc1Cl)C(=O)C(c1c[nH]c2ccccc12)N1CCC(c2ccccc2)CC1. The van der Waals surface area contributed by atoms with Crippen molar-refractivity contribution < 1.29 is 9.59 Å². The fourth-order valence-corrected chi connectivity index (χ4v) is 5.68. The molecule has 0 bridgehead atoms. The van der Waals surface area contributed by atoms with E-state index in [2.05, 4.69) is 39.5 Å². The number of H-pyrrole nitrogens is 1. The first kappa shape index (κ1) is 26.2. The molecule has 1 aromatic heterocycles. The lowest BCUT2D eigenvalue weighted by molar-refractivity contribution is -0.130. The maximum atomic E-state index is 13.9. The molecule has 196 valence electrons. The van der Waals surface area contributed by atoms with Gasteiger partial charge in [-0.1, -0.05) is 78.3 Å². The van der Waals surface area contributed by atoms with E-state index in [4.69, 9.17) is 17.3 Å². The van der Waals surface area contributed by atoms with Gasteiger partial charge in [-0.05, 0) is 55.1 Å². The third-order valence-corrected chi connectivity index (χ3v) is 7.92. The van der Waals surface area contributed by atoms with E-state index in [1.807, 2.05) is 54.7 Å². The van der Waals surface area contributed by atoms with Crippen LogP contribution in [0.3, 0.4) is 0 Å². The van der Waals surface area contributed by atoms with Gasteiger partial charge in [-0.25, -0.2) is 0 Å². The zero-order chi connectivity index (χ0) is 26.5. The number of benzene rings is 3. The first-order valence-corrected chi connectivity index (χ1v) is 13.5. The van der Waals surface area contributed by atoms with E-state index < -0.39 is 12.1 Å². The predicted octanol–water partition coefficient (Wildman–Crippen LogP) is 5.34. The van der Waals surface area contributed by atoms with Gasteiger partial charge in [-0.2, -0.15) is 0 Å². The van der Waals surface area contributed by atoms with Crippen LogP contribution in [-0.4, -0.2) is 40.7 Å². The van der Waals surface area contributed by atoms with E-state index in [-0.39, 0.29) is 24.7 Å². The molecule has 2 atom stereocenters. The zero-order valence-electron chi connectivity index (χ0n) is 21.3. The smallest absolute Gasteiger partial charge is 0.222 e. The van der Waals surface area contributed by atoms with Crippen molar-refractivity contribution in [2.24, 2.45) is 5.73 Å². The summed E-state index contributed by atoms with van der Waals surface area (Å²) in [6.07, 6.45) is 3.76. The van der Waals surface area contributed by atoms with Crippen LogP contribution < -0.4 is 11.1 Å². The van der Waals surface area contributed by atoms with Crippen LogP contribution in [0.15, 0.2) is 85.1 Å². The van der Waals surface area contributed by atoms with Gasteiger partial charge in [0.15, 0.2) is 5.78 Å². The Hall–Kier alpha value is -3.45. The summed E-state index contributed by atoms with van der Waals surface area (Å²) in [6.45, 7) is 1.85. The fourth-order valence-electron chi connectivity index (χ4n) is 5.48. The molecule has 5 rings (SSSR count). The quantitative estimate of drug-likeness (QED) is 0.273. The number of aromatic nitrogens is 1. The van der Waals surface area contributed by atoms with Crippen molar-refractivity contribution in [3.05, 3.63) is 107 Å². The Morgan fingerprint density at radius 3 is 2.42 bits per heavy atom. The van der Waals surface area contributed by atoms with Crippen molar-refractivity contribution >= 4 is 34.2 Å². The Balaban J connectivity index is 1.31. The summed E-state index contributed by atoms with van der Waals surface area (Å²) in [7, 11) is 0. The van der Waals surface area contributed by atoms with Crippen molar-refractivity contribution in [3.8, 4) is 0 Å². The van der Waals surface area contributed by atoms with Crippen molar-refractivity contribution in [2.75, 3.05) is 13.1 Å². The summed E-state index contributed by atoms with van der Waals surface area (Å²) in [5, 5.41) is 4.45. The molecule has 0 radical (unpaired) electrons. The summed E-state index contributed by atoms with van der Waals surface area (Å²) < 4.78 is 0. The average Bonchev–Trinajstić information content (AvgIpc) is 3.37. The van der Waals surface area contributed by atoms with Gasteiger partial charge >= 0.3 is 0 Å². The molecule has 0 spiro atoms. The monoisotopic (exact) mass is 528 g/mol. The zero-order valence-corrected chi connectivity index (χ0v) is 22.0. The first-order chi connectivity index (χ1) is 18.5. The van der Waals surface area contributed by atoms with E-state index in [0.29, 0.717) is 10.9 Å². The van der Waals surface area contributed by atoms with E-state index in [0.717, 1.165) is 48.0 Å². The third-order valence-electron chi connectivity index (χ3n) is 7.56. The van der Waals surface area contributed by atoms with Crippen molar-refractivity contribution in [3.63, 3.8) is 0 Å². The average molecular weight is 529 g/mol. The van der Waals surface area contributed by atoms with Crippen LogP contribution in [-0.2, 0) is 16.1 Å². The highest BCUT2D eigenvalue weighted by Gasteiger charge is 2.36. The van der Waals surface area contributed by atoms with E-state index >= 15 is 0 Å². The van der Waals surface area contributed by atoms with Crippen LogP contribution in [0.2, 0.25) is 5.02 Å². The number of amides is 1. The second-order valence-corrected chi connectivity index (χ2v) is 10.4. The van der Waals surface area contributed by atoms with Crippen LogP contribution in [0, 0.1) is 0 Å². The Labute approximate surface area is 228 Å². The highest BCUT2D eigenvalue weighted by atomic mass is 35.5. The number of rotatable bonds is 9. The number of hydrogen-bond donors (Lipinski definition) is 3. The van der Waals surface area contributed by atoms with Crippen LogP contribution in [0.5, 0.6) is 0 Å². The van der Waals surface area contributed by atoms with Gasteiger partial charge in [-0.15, -0.1) is 0 Å². The van der Waals surface area contributed by atoms with Crippen molar-refractivity contribution in [1.82, 2.24) is 15.2 Å². The second kappa shape index (κ2) is 11.9. The summed E-state index contributed by atoms with van der Waals surface area (Å²) in [5.74, 6) is 0.0578. The molecule has 6 nitrogen and oxygen atoms in total. The van der Waals surface area contributed by atoms with Crippen LogP contribution in [0.4, 0.5) is 0 Å². The number of piperidine rings is 1. The molecule has 1 fully saturated rings. The van der Waals surface area contributed by atoms with Crippen molar-refractivity contribution in [1.29, 1.82) is 0 Å². The molecule has 1 saturated heterocycles. The molecule has 3 aromatic carbocycles. The van der Waals surface area contributed by atoms with E-state index in [9.17, 15) is 9.59 Å². The Kier molecular flexibility index (Phi) is 8.23. The molecule has 38 heavy (non-hydrogen) atoms. The number of nitrogens with zero attached hydrogens (tertiary/aromatic N) is 1. The van der Waals surface area contributed by atoms with Crippen molar-refractivity contribution in [2.45, 2.75) is 43.8 Å². The lowest BCUT2D eigenvalue weighted by Gasteiger charge is -2.38. The van der Waals surface area contributed by atoms with Gasteiger partial charge in [-0.3, -0.25) is 14.5 Å². The number of halogens is 1. The lowest BCUT2D eigenvalue weighted by atomic mass is 9.87. The molecule has 1 aliphatic heterocycles. The summed E-state index contributed by atoms with van der Waals surface area (Å²) >= 11 is 6.21. The van der Waals surface area contributed by atoms with E-state index in [1.165, 1.54) is 5.56 Å². The fraction of sp³-hybridized carbons (Fsp3) is 0.290. The number of para-hydroxylation sites is 1. The van der Waals surface area contributed by atoms with Gasteiger partial charge < -0.3 is 16.0 Å². The maximum Gasteiger partial charge on any atom is 0.222 e. The Bertz CT molecular complexity index is 1400. The first-order valence-electron chi connectivity index (χ1n) is 13.2. The van der Waals surface area contributed by atoms with Crippen LogP contribution in [0.1, 0.15) is 47.9 Å². The molecule has 2 heterocycles. The number of likely N-dealkylation sites (tertiary alicyclic amines) is 1. The number of carbonyl (C=O) groups is 2. The second-order valence-electron chi connectivity index (χ2n) is 9.99. The third kappa shape index (κ3) is 5.83. The predicted molar refractivity (Wildman–Crippen MR) is 152 cm³/mol. The number of hydrogen-bond acceptors (Lipinski definition) is 4. The van der Waals surface area contributed by atoms with E-state index in [1.54, 1.807) is 6.07 Å². The Morgan fingerprint density at radius 2 is 1.66 bits per heavy atom. The van der Waals surface area contributed by atoms with Crippen LogP contribution >= 0.6 is 11.6 Å². The number of carbonyl (C=O) groups excluding carboxylic acids is 2. The molecule has 0 saturated carbocycles. The summed E-state index contributed by atoms with van der Waals surface area (Å²) in [4.78, 5) is 32.2. The summed E-state index contributed by atoms with van der Waals surface area (Å²) in [5.41, 5.74) is 10.5. The number of nitrogens with one attached hydrogen (secondary N) is 2.